The fourth-order valence-corrected chi connectivity index (χ4v) is 3.43. The molecule has 148 valence electrons. The normalized spacial score (nSPS) is 17.7. The summed E-state index contributed by atoms with van der Waals surface area (Å²) in [5.41, 5.74) is 7.28. The predicted molar refractivity (Wildman–Crippen MR) is 107 cm³/mol. The van der Waals surface area contributed by atoms with Crippen LogP contribution in [0.1, 0.15) is 31.0 Å². The maximum Gasteiger partial charge on any atom is 0.159 e. The van der Waals surface area contributed by atoms with Crippen molar-refractivity contribution < 1.29 is 13.9 Å². The lowest BCUT2D eigenvalue weighted by molar-refractivity contribution is 0.0113. The van der Waals surface area contributed by atoms with E-state index in [0.717, 1.165) is 29.2 Å². The van der Waals surface area contributed by atoms with Gasteiger partial charge >= 0.3 is 0 Å². The Labute approximate surface area is 163 Å². The zero-order valence-electron chi connectivity index (χ0n) is 16.0. The van der Waals surface area contributed by atoms with Crippen molar-refractivity contribution in [1.29, 1.82) is 0 Å². The molecular weight excluding hydrogens is 362 g/mol. The zero-order valence-corrected chi connectivity index (χ0v) is 16.0. The van der Waals surface area contributed by atoms with E-state index in [1.807, 2.05) is 18.2 Å². The van der Waals surface area contributed by atoms with Crippen molar-refractivity contribution in [2.75, 3.05) is 25.0 Å². The molecule has 0 unspecified atom stereocenters. The highest BCUT2D eigenvalue weighted by Gasteiger charge is 2.35. The summed E-state index contributed by atoms with van der Waals surface area (Å²) >= 11 is 0. The van der Waals surface area contributed by atoms with Gasteiger partial charge in [0, 0.05) is 37.6 Å². The second-order valence-corrected chi connectivity index (χ2v) is 7.01. The van der Waals surface area contributed by atoms with E-state index >= 15 is 0 Å². The fraction of sp³-hybridized carbons (Fsp3) is 0.333. The van der Waals surface area contributed by atoms with Gasteiger partial charge in [-0.3, -0.25) is 4.99 Å². The van der Waals surface area contributed by atoms with Gasteiger partial charge in [0.1, 0.15) is 5.82 Å². The highest BCUT2D eigenvalue weighted by atomic mass is 19.2. The smallest absolute Gasteiger partial charge is 0.159 e. The Kier molecular flexibility index (Phi) is 5.74. The first-order valence-corrected chi connectivity index (χ1v) is 9.13. The standard InChI is InChI=1S/C21H24F2N4O/c1-14(24)16(13-25-2)19-4-3-5-20(26-19)27-10-8-21(28,9-11-27)15-6-7-17(22)18(23)12-15/h3-7,12-13,28H,8-11,24H2,1-2H3/b16-14+,25-13?. The molecule has 2 aromatic rings. The first-order valence-electron chi connectivity index (χ1n) is 9.13. The van der Waals surface area contributed by atoms with Crippen LogP contribution < -0.4 is 10.6 Å². The van der Waals surface area contributed by atoms with Crippen molar-refractivity contribution in [2.45, 2.75) is 25.4 Å². The number of halogens is 2. The number of hydrogen-bond donors (Lipinski definition) is 2. The highest BCUT2D eigenvalue weighted by Crippen LogP contribution is 2.35. The van der Waals surface area contributed by atoms with Crippen molar-refractivity contribution >= 4 is 17.6 Å². The molecule has 1 aromatic heterocycles. The Balaban J connectivity index is 1.79. The first kappa shape index (κ1) is 19.9. The van der Waals surface area contributed by atoms with Crippen LogP contribution in [0.4, 0.5) is 14.6 Å². The fourth-order valence-electron chi connectivity index (χ4n) is 3.43. The largest absolute Gasteiger partial charge is 0.402 e. The number of nitrogens with two attached hydrogens (primary N) is 1. The van der Waals surface area contributed by atoms with Crippen LogP contribution in [-0.2, 0) is 5.60 Å². The van der Waals surface area contributed by atoms with E-state index in [-0.39, 0.29) is 0 Å². The van der Waals surface area contributed by atoms with Gasteiger partial charge in [0.15, 0.2) is 11.6 Å². The van der Waals surface area contributed by atoms with Gasteiger partial charge in [-0.15, -0.1) is 0 Å². The summed E-state index contributed by atoms with van der Waals surface area (Å²) in [4.78, 5) is 10.8. The average molecular weight is 386 g/mol. The highest BCUT2D eigenvalue weighted by molar-refractivity contribution is 6.10. The van der Waals surface area contributed by atoms with Crippen LogP contribution in [0, 0.1) is 11.6 Å². The Morgan fingerprint density at radius 1 is 1.21 bits per heavy atom. The quantitative estimate of drug-likeness (QED) is 0.791. The van der Waals surface area contributed by atoms with Gasteiger partial charge in [-0.05, 0) is 49.6 Å². The molecule has 3 N–H and O–H groups in total. The average Bonchev–Trinajstić information content (AvgIpc) is 2.68. The van der Waals surface area contributed by atoms with E-state index in [1.54, 1.807) is 20.2 Å². The molecule has 3 rings (SSSR count). The van der Waals surface area contributed by atoms with E-state index in [9.17, 15) is 13.9 Å². The van der Waals surface area contributed by atoms with Crippen LogP contribution >= 0.6 is 0 Å². The Morgan fingerprint density at radius 2 is 1.93 bits per heavy atom. The van der Waals surface area contributed by atoms with Gasteiger partial charge in [0.2, 0.25) is 0 Å². The first-order chi connectivity index (χ1) is 13.3. The summed E-state index contributed by atoms with van der Waals surface area (Å²) in [7, 11) is 1.68. The summed E-state index contributed by atoms with van der Waals surface area (Å²) in [6.45, 7) is 2.87. The van der Waals surface area contributed by atoms with Crippen LogP contribution in [-0.4, -0.2) is 36.4 Å². The molecule has 1 aliphatic rings. The number of aromatic nitrogens is 1. The second kappa shape index (κ2) is 8.06. The maximum absolute atomic E-state index is 13.6. The van der Waals surface area contributed by atoms with Crippen LogP contribution in [0.5, 0.6) is 0 Å². The molecule has 5 nitrogen and oxygen atoms in total. The lowest BCUT2D eigenvalue weighted by atomic mass is 9.84. The molecule has 1 aliphatic heterocycles. The molecule has 0 spiro atoms. The summed E-state index contributed by atoms with van der Waals surface area (Å²) in [6, 6.07) is 9.25. The number of piperidine rings is 1. The van der Waals surface area contributed by atoms with Crippen molar-refractivity contribution in [3.63, 3.8) is 0 Å². The Hall–Kier alpha value is -2.80. The van der Waals surface area contributed by atoms with Crippen molar-refractivity contribution in [2.24, 2.45) is 10.7 Å². The van der Waals surface area contributed by atoms with E-state index < -0.39 is 17.2 Å². The van der Waals surface area contributed by atoms with E-state index in [1.165, 1.54) is 6.07 Å². The van der Waals surface area contributed by atoms with Crippen molar-refractivity contribution in [3.05, 3.63) is 65.0 Å². The Morgan fingerprint density at radius 3 is 2.54 bits per heavy atom. The van der Waals surface area contributed by atoms with E-state index in [0.29, 0.717) is 37.2 Å². The summed E-state index contributed by atoms with van der Waals surface area (Å²) < 4.78 is 26.8. The molecule has 1 fully saturated rings. The van der Waals surface area contributed by atoms with E-state index in [2.05, 4.69) is 14.9 Å². The number of benzene rings is 1. The number of rotatable bonds is 4. The van der Waals surface area contributed by atoms with Gasteiger partial charge in [-0.2, -0.15) is 0 Å². The molecule has 0 aliphatic carbocycles. The summed E-state index contributed by atoms with van der Waals surface area (Å²) in [6.07, 6.45) is 2.46. The molecule has 0 amide bonds. The summed E-state index contributed by atoms with van der Waals surface area (Å²) in [5.74, 6) is -1.09. The van der Waals surface area contributed by atoms with Crippen molar-refractivity contribution in [1.82, 2.24) is 4.98 Å². The third kappa shape index (κ3) is 4.04. The predicted octanol–water partition coefficient (Wildman–Crippen LogP) is 3.24. The topological polar surface area (TPSA) is 74.7 Å². The monoisotopic (exact) mass is 386 g/mol. The molecule has 0 bridgehead atoms. The molecule has 0 saturated carbocycles. The minimum atomic E-state index is -1.18. The molecule has 1 saturated heterocycles. The number of aliphatic imine (C=N–C) groups is 1. The summed E-state index contributed by atoms with van der Waals surface area (Å²) in [5, 5.41) is 10.9. The molecule has 2 heterocycles. The molecule has 0 atom stereocenters. The lowest BCUT2D eigenvalue weighted by Gasteiger charge is -2.39. The third-order valence-corrected chi connectivity index (χ3v) is 5.06. The van der Waals surface area contributed by atoms with Gasteiger partial charge < -0.3 is 15.7 Å². The number of anilines is 1. The second-order valence-electron chi connectivity index (χ2n) is 7.01. The third-order valence-electron chi connectivity index (χ3n) is 5.06. The molecule has 7 heteroatoms. The van der Waals surface area contributed by atoms with Crippen LogP contribution in [0.2, 0.25) is 0 Å². The van der Waals surface area contributed by atoms with Gasteiger partial charge in [-0.1, -0.05) is 12.1 Å². The number of aliphatic hydroxyl groups is 1. The molecular formula is C21H24F2N4O. The van der Waals surface area contributed by atoms with Crippen molar-refractivity contribution in [3.8, 4) is 0 Å². The van der Waals surface area contributed by atoms with Gasteiger partial charge in [-0.25, -0.2) is 13.8 Å². The molecule has 1 aromatic carbocycles. The maximum atomic E-state index is 13.6. The van der Waals surface area contributed by atoms with E-state index in [4.69, 9.17) is 5.73 Å². The number of pyridine rings is 1. The zero-order chi connectivity index (χ0) is 20.3. The van der Waals surface area contributed by atoms with Crippen LogP contribution in [0.15, 0.2) is 47.1 Å². The lowest BCUT2D eigenvalue weighted by Crippen LogP contribution is -2.43. The minimum absolute atomic E-state index is 0.388. The molecule has 28 heavy (non-hydrogen) atoms. The van der Waals surface area contributed by atoms with Gasteiger partial charge in [0.25, 0.3) is 0 Å². The minimum Gasteiger partial charge on any atom is -0.402 e. The number of hydrogen-bond acceptors (Lipinski definition) is 5. The van der Waals surface area contributed by atoms with Crippen LogP contribution in [0.25, 0.3) is 5.57 Å². The molecule has 0 radical (unpaired) electrons. The van der Waals surface area contributed by atoms with Gasteiger partial charge in [0.05, 0.1) is 11.3 Å². The van der Waals surface area contributed by atoms with Crippen LogP contribution in [0.3, 0.4) is 0 Å². The Bertz CT molecular complexity index is 914. The number of allylic oxidation sites excluding steroid dienone is 2. The SMILES string of the molecule is CN=C/C(=C(/C)N)c1cccc(N2CCC(O)(c3ccc(F)c(F)c3)CC2)n1. The number of nitrogens with zero attached hydrogens (tertiary/aromatic N) is 3.